The van der Waals surface area contributed by atoms with E-state index in [4.69, 9.17) is 0 Å². The minimum absolute atomic E-state index is 0.154. The van der Waals surface area contributed by atoms with Crippen molar-refractivity contribution < 1.29 is 9.28 Å². The molecule has 1 aromatic rings. The maximum atomic E-state index is 11.9. The molecule has 0 saturated carbocycles. The van der Waals surface area contributed by atoms with Gasteiger partial charge in [0.05, 0.1) is 27.3 Å². The van der Waals surface area contributed by atoms with Crippen molar-refractivity contribution in [3.8, 4) is 0 Å². The fourth-order valence-corrected chi connectivity index (χ4v) is 1.53. The van der Waals surface area contributed by atoms with Crippen molar-refractivity contribution in [2.75, 3.05) is 21.1 Å². The first-order valence-corrected chi connectivity index (χ1v) is 5.60. The Morgan fingerprint density at radius 3 is 2.38 bits per heavy atom. The van der Waals surface area contributed by atoms with Gasteiger partial charge in [-0.3, -0.25) is 9.16 Å². The number of quaternary nitrogens is 1. The van der Waals surface area contributed by atoms with Crippen LogP contribution in [0.3, 0.4) is 0 Å². The van der Waals surface area contributed by atoms with Crippen molar-refractivity contribution in [3.63, 3.8) is 0 Å². The molecule has 1 amide bonds. The maximum Gasteiger partial charge on any atom is 0.334 e. The van der Waals surface area contributed by atoms with E-state index in [2.05, 4.69) is 18.9 Å². The minimum Gasteiger partial charge on any atom is -0.266 e. The normalized spacial score (nSPS) is 12.2. The van der Waals surface area contributed by atoms with Crippen molar-refractivity contribution in [1.29, 1.82) is 0 Å². The lowest BCUT2D eigenvalue weighted by Crippen LogP contribution is -2.43. The number of hydrogen-bond acceptors (Lipinski definition) is 2. The summed E-state index contributed by atoms with van der Waals surface area (Å²) in [5.74, 6) is 0.606. The highest BCUT2D eigenvalue weighted by Gasteiger charge is 2.22. The lowest BCUT2D eigenvalue weighted by atomic mass is 10.1. The number of nitrogens with zero attached hydrogens (tertiary/aromatic N) is 3. The zero-order valence-corrected chi connectivity index (χ0v) is 11.1. The van der Waals surface area contributed by atoms with E-state index in [1.54, 1.807) is 4.68 Å². The number of hydrogen-bond donors (Lipinski definition) is 0. The van der Waals surface area contributed by atoms with E-state index in [1.807, 2.05) is 34.3 Å². The molecule has 4 nitrogen and oxygen atoms in total. The highest BCUT2D eigenvalue weighted by molar-refractivity contribution is 5.68. The van der Waals surface area contributed by atoms with E-state index in [0.29, 0.717) is 16.9 Å². The third-order valence-electron chi connectivity index (χ3n) is 2.80. The maximum absolute atomic E-state index is 11.9. The third-order valence-corrected chi connectivity index (χ3v) is 2.80. The Morgan fingerprint density at radius 2 is 2.00 bits per heavy atom. The molecule has 90 valence electrons. The summed E-state index contributed by atoms with van der Waals surface area (Å²) in [5, 5.41) is 4.28. The first-order valence-electron chi connectivity index (χ1n) is 5.60. The summed E-state index contributed by atoms with van der Waals surface area (Å²) < 4.78 is 2.12. The Kier molecular flexibility index (Phi) is 3.53. The fraction of sp³-hybridized carbons (Fsp3) is 0.667. The van der Waals surface area contributed by atoms with Crippen molar-refractivity contribution >= 4 is 5.91 Å². The Bertz CT molecular complexity index is 385. The monoisotopic (exact) mass is 224 g/mol. The molecule has 1 rings (SSSR count). The number of likely N-dealkylation sites (N-methyl/N-ethyl adjacent to an activating group) is 1. The predicted octanol–water partition coefficient (Wildman–Crippen LogP) is 1.55. The molecule has 0 aliphatic carbocycles. The van der Waals surface area contributed by atoms with Crippen LogP contribution in [0, 0.1) is 6.92 Å². The standard InChI is InChI=1S/C12H22N3O/c1-9(2)11-7-13-14(10(11)3)8-12(16)15(4,5)6/h7,9H,8H2,1-6H3/q+1. The number of carbonyl (C=O) groups excluding carboxylic acids is 1. The summed E-state index contributed by atoms with van der Waals surface area (Å²) in [5.41, 5.74) is 2.31. The van der Waals surface area contributed by atoms with Crippen molar-refractivity contribution in [2.24, 2.45) is 0 Å². The van der Waals surface area contributed by atoms with Gasteiger partial charge in [-0.2, -0.15) is 5.10 Å². The zero-order valence-electron chi connectivity index (χ0n) is 11.1. The molecule has 0 atom stereocenters. The molecule has 0 aromatic carbocycles. The second-order valence-corrected chi connectivity index (χ2v) is 5.40. The van der Waals surface area contributed by atoms with Gasteiger partial charge < -0.3 is 0 Å². The molecular weight excluding hydrogens is 202 g/mol. The van der Waals surface area contributed by atoms with E-state index in [-0.39, 0.29) is 5.91 Å². The molecule has 0 aliphatic heterocycles. The summed E-state index contributed by atoms with van der Waals surface area (Å²) in [6.07, 6.45) is 1.86. The molecule has 0 aliphatic rings. The van der Waals surface area contributed by atoms with E-state index in [9.17, 15) is 4.79 Å². The smallest absolute Gasteiger partial charge is 0.266 e. The van der Waals surface area contributed by atoms with Crippen LogP contribution in [0.4, 0.5) is 0 Å². The van der Waals surface area contributed by atoms with Crippen LogP contribution >= 0.6 is 0 Å². The first-order chi connectivity index (χ1) is 7.23. The molecule has 1 heterocycles. The summed E-state index contributed by atoms with van der Waals surface area (Å²) in [6, 6.07) is 0. The van der Waals surface area contributed by atoms with Gasteiger partial charge in [0.25, 0.3) is 0 Å². The third kappa shape index (κ3) is 2.70. The number of carbonyl (C=O) groups is 1. The van der Waals surface area contributed by atoms with Gasteiger partial charge in [0, 0.05) is 5.69 Å². The van der Waals surface area contributed by atoms with Gasteiger partial charge in [0.2, 0.25) is 0 Å². The average molecular weight is 224 g/mol. The van der Waals surface area contributed by atoms with Gasteiger partial charge in [0.15, 0.2) is 6.54 Å². The molecule has 16 heavy (non-hydrogen) atoms. The molecule has 0 fully saturated rings. The van der Waals surface area contributed by atoms with Crippen LogP contribution in [-0.4, -0.2) is 41.3 Å². The summed E-state index contributed by atoms with van der Waals surface area (Å²) in [7, 11) is 5.64. The molecule has 0 bridgehead atoms. The van der Waals surface area contributed by atoms with E-state index in [1.165, 1.54) is 5.56 Å². The quantitative estimate of drug-likeness (QED) is 0.730. The SMILES string of the molecule is Cc1c(C(C)C)cnn1CC(=O)[N+](C)(C)C. The largest absolute Gasteiger partial charge is 0.334 e. The van der Waals surface area contributed by atoms with E-state index >= 15 is 0 Å². The summed E-state index contributed by atoms with van der Waals surface area (Å²) in [6.45, 7) is 6.64. The summed E-state index contributed by atoms with van der Waals surface area (Å²) in [4.78, 5) is 11.9. The van der Waals surface area contributed by atoms with E-state index in [0.717, 1.165) is 5.69 Å². The van der Waals surface area contributed by atoms with E-state index < -0.39 is 0 Å². The van der Waals surface area contributed by atoms with Crippen LogP contribution in [0.15, 0.2) is 6.20 Å². The highest BCUT2D eigenvalue weighted by Crippen LogP contribution is 2.18. The molecule has 0 N–H and O–H groups in total. The average Bonchev–Trinajstić information content (AvgIpc) is 2.46. The zero-order chi connectivity index (χ0) is 12.5. The molecule has 0 radical (unpaired) electrons. The Morgan fingerprint density at radius 1 is 1.44 bits per heavy atom. The van der Waals surface area contributed by atoms with Crippen LogP contribution in [0.25, 0.3) is 0 Å². The number of rotatable bonds is 3. The topological polar surface area (TPSA) is 34.9 Å². The summed E-state index contributed by atoms with van der Waals surface area (Å²) >= 11 is 0. The van der Waals surface area contributed by atoms with Gasteiger partial charge in [0.1, 0.15) is 0 Å². The van der Waals surface area contributed by atoms with Crippen LogP contribution in [0.1, 0.15) is 31.0 Å². The Hall–Kier alpha value is -1.16. The lowest BCUT2D eigenvalue weighted by Gasteiger charge is -2.20. The molecule has 1 aromatic heterocycles. The van der Waals surface area contributed by atoms with Crippen molar-refractivity contribution in [1.82, 2.24) is 9.78 Å². The second-order valence-electron chi connectivity index (χ2n) is 5.40. The second kappa shape index (κ2) is 4.37. The van der Waals surface area contributed by atoms with Gasteiger partial charge in [-0.15, -0.1) is 0 Å². The number of amides is 1. The lowest BCUT2D eigenvalue weighted by molar-refractivity contribution is -0.792. The first kappa shape index (κ1) is 12.9. The predicted molar refractivity (Wildman–Crippen MR) is 64.1 cm³/mol. The minimum atomic E-state index is 0.154. The molecular formula is C12H22N3O+. The van der Waals surface area contributed by atoms with Crippen LogP contribution < -0.4 is 0 Å². The van der Waals surface area contributed by atoms with Gasteiger partial charge in [-0.25, -0.2) is 4.79 Å². The molecule has 0 unspecified atom stereocenters. The Labute approximate surface area is 97.5 Å². The Balaban J connectivity index is 2.88. The number of aromatic nitrogens is 2. The molecule has 0 spiro atoms. The van der Waals surface area contributed by atoms with Crippen molar-refractivity contribution in [3.05, 3.63) is 17.5 Å². The van der Waals surface area contributed by atoms with Gasteiger partial charge in [-0.05, 0) is 18.4 Å². The van der Waals surface area contributed by atoms with Crippen LogP contribution in [0.5, 0.6) is 0 Å². The fourth-order valence-electron chi connectivity index (χ4n) is 1.53. The molecule has 0 saturated heterocycles. The van der Waals surface area contributed by atoms with Gasteiger partial charge >= 0.3 is 5.91 Å². The molecule has 4 heteroatoms. The van der Waals surface area contributed by atoms with Crippen LogP contribution in [0.2, 0.25) is 0 Å². The van der Waals surface area contributed by atoms with Gasteiger partial charge in [-0.1, -0.05) is 13.8 Å². The highest BCUT2D eigenvalue weighted by atomic mass is 16.2. The van der Waals surface area contributed by atoms with Crippen LogP contribution in [-0.2, 0) is 11.3 Å². The van der Waals surface area contributed by atoms with Crippen molar-refractivity contribution in [2.45, 2.75) is 33.2 Å².